The first-order valence-corrected chi connectivity index (χ1v) is 15.4. The number of hydrazine groups is 1. The molecule has 1 aliphatic heterocycles. The molecule has 1 fully saturated rings. The number of hydrogen-bond acceptors (Lipinski definition) is 9. The van der Waals surface area contributed by atoms with Gasteiger partial charge in [-0.15, -0.1) is 11.8 Å². The van der Waals surface area contributed by atoms with E-state index < -0.39 is 0 Å². The van der Waals surface area contributed by atoms with Crippen molar-refractivity contribution in [3.8, 4) is 0 Å². The monoisotopic (exact) mass is 572 g/mol. The van der Waals surface area contributed by atoms with Crippen molar-refractivity contribution in [2.45, 2.75) is 65.2 Å². The summed E-state index contributed by atoms with van der Waals surface area (Å²) in [6.45, 7) is 9.04. The van der Waals surface area contributed by atoms with E-state index in [1.165, 1.54) is 21.6 Å². The predicted molar refractivity (Wildman–Crippen MR) is 164 cm³/mol. The van der Waals surface area contributed by atoms with Gasteiger partial charge in [0.05, 0.1) is 16.4 Å². The first-order valence-electron chi connectivity index (χ1n) is 13.6. The molecule has 1 aliphatic carbocycles. The van der Waals surface area contributed by atoms with Gasteiger partial charge in [0.2, 0.25) is 6.41 Å². The van der Waals surface area contributed by atoms with Crippen molar-refractivity contribution in [3.63, 3.8) is 0 Å². The van der Waals surface area contributed by atoms with Crippen molar-refractivity contribution in [1.29, 1.82) is 0 Å². The van der Waals surface area contributed by atoms with Gasteiger partial charge in [-0.2, -0.15) is 0 Å². The molecule has 0 spiro atoms. The molecule has 39 heavy (non-hydrogen) atoms. The van der Waals surface area contributed by atoms with Gasteiger partial charge in [-0.3, -0.25) is 19.2 Å². The van der Waals surface area contributed by atoms with Gasteiger partial charge in [-0.05, 0) is 72.2 Å². The van der Waals surface area contributed by atoms with Crippen LogP contribution in [0.25, 0.3) is 0 Å². The maximum Gasteiger partial charge on any atom is 0.262 e. The van der Waals surface area contributed by atoms with E-state index >= 15 is 0 Å². The van der Waals surface area contributed by atoms with Crippen molar-refractivity contribution in [1.82, 2.24) is 30.3 Å². The van der Waals surface area contributed by atoms with E-state index in [2.05, 4.69) is 47.5 Å². The molecule has 0 radical (unpaired) electrons. The Morgan fingerprint density at radius 2 is 1.90 bits per heavy atom. The second kappa shape index (κ2) is 14.9. The SMILES string of the molecule is CCS/C(=C\C(=C\N(C)Cc1ccc2c(c1)CNC2)C(=O)N(C=O)C/C(=C/N(C)NC)CC)SNC1(C)CC1. The zero-order chi connectivity index (χ0) is 28.4. The third kappa shape index (κ3) is 9.72. The van der Waals surface area contributed by atoms with Crippen LogP contribution in [-0.4, -0.2) is 66.1 Å². The van der Waals surface area contributed by atoms with Crippen LogP contribution in [0.4, 0.5) is 0 Å². The lowest BCUT2D eigenvalue weighted by molar-refractivity contribution is -0.134. The number of fused-ring (bicyclic) bond motifs is 1. The average molecular weight is 573 g/mol. The smallest absolute Gasteiger partial charge is 0.262 e. The standard InChI is InChI=1S/C29H44N6O2S2/c1-7-22(18-34(6)30-4)19-35(21-36)28(37)26(14-27(38-8-2)39-32-29(3)11-12-29)20-33(5)17-23-9-10-24-15-31-16-25(24)13-23/h9-10,13-14,18,20-21,30-32H,7-8,11-12,15-17,19H2,1-6H3/b22-18+,26-20-,27-14+. The van der Waals surface area contributed by atoms with Crippen LogP contribution in [0.15, 0.2) is 52.1 Å². The summed E-state index contributed by atoms with van der Waals surface area (Å²) in [6.07, 6.45) is 9.38. The summed E-state index contributed by atoms with van der Waals surface area (Å²) < 4.78 is 4.57. The molecule has 214 valence electrons. The largest absolute Gasteiger partial charge is 0.375 e. The van der Waals surface area contributed by atoms with Gasteiger partial charge in [-0.1, -0.05) is 32.0 Å². The summed E-state index contributed by atoms with van der Waals surface area (Å²) in [5.41, 5.74) is 8.49. The van der Waals surface area contributed by atoms with Gasteiger partial charge < -0.3 is 15.2 Å². The Kier molecular flexibility index (Phi) is 12.0. The van der Waals surface area contributed by atoms with E-state index in [1.54, 1.807) is 23.7 Å². The molecule has 8 nitrogen and oxygen atoms in total. The van der Waals surface area contributed by atoms with E-state index in [9.17, 15) is 9.59 Å². The van der Waals surface area contributed by atoms with Crippen LogP contribution in [0.3, 0.4) is 0 Å². The topological polar surface area (TPSA) is 80.0 Å². The number of nitrogens with one attached hydrogen (secondary N) is 3. The lowest BCUT2D eigenvalue weighted by Gasteiger charge is -2.22. The van der Waals surface area contributed by atoms with Gasteiger partial charge in [0, 0.05) is 58.7 Å². The molecule has 10 heteroatoms. The molecule has 3 N–H and O–H groups in total. The third-order valence-electron chi connectivity index (χ3n) is 6.84. The van der Waals surface area contributed by atoms with Gasteiger partial charge in [0.1, 0.15) is 0 Å². The number of nitrogens with zero attached hydrogens (tertiary/aromatic N) is 3. The van der Waals surface area contributed by atoms with Gasteiger partial charge in [0.15, 0.2) is 0 Å². The summed E-state index contributed by atoms with van der Waals surface area (Å²) in [4.78, 5) is 29.3. The lowest BCUT2D eigenvalue weighted by atomic mass is 10.1. The second-order valence-corrected chi connectivity index (χ2v) is 12.8. The quantitative estimate of drug-likeness (QED) is 0.0882. The fraction of sp³-hybridized carbons (Fsp3) is 0.517. The van der Waals surface area contributed by atoms with Crippen molar-refractivity contribution in [2.24, 2.45) is 0 Å². The summed E-state index contributed by atoms with van der Waals surface area (Å²) in [6, 6.07) is 6.57. The second-order valence-electron chi connectivity index (χ2n) is 10.4. The van der Waals surface area contributed by atoms with Crippen molar-refractivity contribution >= 4 is 36.0 Å². The third-order valence-corrected chi connectivity index (χ3v) is 9.05. The summed E-state index contributed by atoms with van der Waals surface area (Å²) in [5.74, 6) is 0.572. The average Bonchev–Trinajstić information content (AvgIpc) is 3.48. The molecule has 0 bridgehead atoms. The summed E-state index contributed by atoms with van der Waals surface area (Å²) >= 11 is 3.27. The Balaban J connectivity index is 1.88. The maximum absolute atomic E-state index is 13.8. The first kappa shape index (κ1) is 31.3. The summed E-state index contributed by atoms with van der Waals surface area (Å²) in [7, 11) is 5.69. The Morgan fingerprint density at radius 3 is 2.54 bits per heavy atom. The van der Waals surface area contributed by atoms with Crippen LogP contribution in [0.5, 0.6) is 0 Å². The van der Waals surface area contributed by atoms with Gasteiger partial charge in [0.25, 0.3) is 5.91 Å². The molecule has 0 unspecified atom stereocenters. The zero-order valence-corrected chi connectivity index (χ0v) is 25.8. The Morgan fingerprint density at radius 1 is 1.15 bits per heavy atom. The molecule has 2 aliphatic rings. The molecular weight excluding hydrogens is 528 g/mol. The highest BCUT2D eigenvalue weighted by Gasteiger charge is 2.37. The number of imide groups is 1. The number of hydrogen-bond donors (Lipinski definition) is 3. The zero-order valence-electron chi connectivity index (χ0n) is 24.2. The fourth-order valence-corrected chi connectivity index (χ4v) is 6.07. The number of carbonyl (C=O) groups is 2. The van der Waals surface area contributed by atoms with Crippen molar-refractivity contribution < 1.29 is 9.59 Å². The Bertz CT molecular complexity index is 1100. The molecule has 0 saturated heterocycles. The van der Waals surface area contributed by atoms with Gasteiger partial charge >= 0.3 is 0 Å². The lowest BCUT2D eigenvalue weighted by Crippen LogP contribution is -2.34. The molecule has 1 saturated carbocycles. The fourth-order valence-electron chi connectivity index (χ4n) is 4.13. The van der Waals surface area contributed by atoms with Crippen LogP contribution < -0.4 is 15.5 Å². The molecule has 0 atom stereocenters. The molecule has 1 aromatic rings. The Hall–Kier alpha value is -2.24. The summed E-state index contributed by atoms with van der Waals surface area (Å²) in [5, 5.41) is 5.21. The van der Waals surface area contributed by atoms with E-state index in [-0.39, 0.29) is 18.0 Å². The number of thioether (sulfide) groups is 1. The highest BCUT2D eigenvalue weighted by Crippen LogP contribution is 2.39. The molecular formula is C29H44N6O2S2. The van der Waals surface area contributed by atoms with E-state index in [4.69, 9.17) is 0 Å². The van der Waals surface area contributed by atoms with E-state index in [1.807, 2.05) is 56.5 Å². The van der Waals surface area contributed by atoms with Crippen LogP contribution >= 0.6 is 23.7 Å². The minimum absolute atomic E-state index is 0.153. The number of rotatable bonds is 16. The van der Waals surface area contributed by atoms with Crippen LogP contribution in [-0.2, 0) is 29.2 Å². The van der Waals surface area contributed by atoms with Crippen LogP contribution in [0.2, 0.25) is 0 Å². The highest BCUT2D eigenvalue weighted by molar-refractivity contribution is 8.21. The normalized spacial score (nSPS) is 16.6. The van der Waals surface area contributed by atoms with Crippen molar-refractivity contribution in [2.75, 3.05) is 33.4 Å². The van der Waals surface area contributed by atoms with E-state index in [0.29, 0.717) is 18.5 Å². The minimum Gasteiger partial charge on any atom is -0.375 e. The number of amides is 2. The molecule has 0 aromatic heterocycles. The highest BCUT2D eigenvalue weighted by atomic mass is 32.2. The Labute approximate surface area is 242 Å². The molecule has 1 heterocycles. The minimum atomic E-state index is -0.311. The van der Waals surface area contributed by atoms with Gasteiger partial charge in [-0.25, -0.2) is 5.43 Å². The number of benzene rings is 1. The molecule has 2 amide bonds. The van der Waals surface area contributed by atoms with Crippen molar-refractivity contribution in [3.05, 3.63) is 68.7 Å². The first-order chi connectivity index (χ1) is 18.7. The van der Waals surface area contributed by atoms with Crippen LogP contribution in [0.1, 0.15) is 56.7 Å². The van der Waals surface area contributed by atoms with E-state index in [0.717, 1.165) is 47.9 Å². The maximum atomic E-state index is 13.8. The molecule has 1 aromatic carbocycles. The molecule has 3 rings (SSSR count). The predicted octanol–water partition coefficient (Wildman–Crippen LogP) is 4.34. The van der Waals surface area contributed by atoms with Crippen LogP contribution in [0, 0.1) is 0 Å². The number of carbonyl (C=O) groups excluding carboxylic acids is 2.